The Balaban J connectivity index is 1.68. The first-order valence-corrected chi connectivity index (χ1v) is 5.99. The number of rotatable bonds is 2. The molecule has 2 fully saturated rings. The first kappa shape index (κ1) is 8.61. The average molecular weight is 210 g/mol. The minimum absolute atomic E-state index is 0.625. The van der Waals surface area contributed by atoms with Crippen LogP contribution in [0.2, 0.25) is 0 Å². The lowest BCUT2D eigenvalue weighted by molar-refractivity contribution is 0.318. The molecule has 5 heteroatoms. The monoisotopic (exact) mass is 210 g/mol. The summed E-state index contributed by atoms with van der Waals surface area (Å²) in [6.07, 6.45) is 5.80. The van der Waals surface area contributed by atoms with Gasteiger partial charge >= 0.3 is 0 Å². The highest BCUT2D eigenvalue weighted by molar-refractivity contribution is 7.09. The van der Waals surface area contributed by atoms with Gasteiger partial charge in [-0.25, -0.2) is 0 Å². The van der Waals surface area contributed by atoms with Crippen molar-refractivity contribution >= 4 is 16.5 Å². The summed E-state index contributed by atoms with van der Waals surface area (Å²) in [5, 5.41) is 8.50. The maximum Gasteiger partial charge on any atom is 0.130 e. The Kier molecular flexibility index (Phi) is 2.14. The summed E-state index contributed by atoms with van der Waals surface area (Å²) in [4.78, 5) is 2.60. The highest BCUT2D eigenvalue weighted by Gasteiger charge is 2.37. The van der Waals surface area contributed by atoms with Crippen molar-refractivity contribution in [2.24, 2.45) is 0 Å². The number of anilines is 1. The topological polar surface area (TPSA) is 41.1 Å². The predicted molar refractivity (Wildman–Crippen MR) is 56.5 cm³/mol. The van der Waals surface area contributed by atoms with E-state index in [1.54, 1.807) is 0 Å². The van der Waals surface area contributed by atoms with E-state index in [0.717, 1.165) is 11.0 Å². The zero-order valence-corrected chi connectivity index (χ0v) is 8.83. The van der Waals surface area contributed by atoms with Gasteiger partial charge in [0.05, 0.1) is 6.20 Å². The van der Waals surface area contributed by atoms with Crippen LogP contribution < -0.4 is 5.32 Å². The quantitative estimate of drug-likeness (QED) is 0.796. The van der Waals surface area contributed by atoms with Gasteiger partial charge in [0.15, 0.2) is 0 Å². The molecule has 0 amide bonds. The molecule has 1 N–H and O–H groups in total. The molecule has 0 aromatic carbocycles. The Morgan fingerprint density at radius 3 is 3.29 bits per heavy atom. The van der Waals surface area contributed by atoms with Gasteiger partial charge in [0.1, 0.15) is 5.00 Å². The van der Waals surface area contributed by atoms with E-state index >= 15 is 0 Å². The van der Waals surface area contributed by atoms with Crippen molar-refractivity contribution in [2.45, 2.75) is 31.3 Å². The molecular weight excluding hydrogens is 196 g/mol. The maximum absolute atomic E-state index is 3.87. The van der Waals surface area contributed by atoms with Gasteiger partial charge in [0.2, 0.25) is 0 Å². The van der Waals surface area contributed by atoms with Gasteiger partial charge < -0.3 is 5.32 Å². The number of hydrogen-bond acceptors (Lipinski definition) is 5. The Morgan fingerprint density at radius 2 is 2.43 bits per heavy atom. The van der Waals surface area contributed by atoms with Gasteiger partial charge in [0, 0.05) is 30.2 Å². The van der Waals surface area contributed by atoms with Crippen LogP contribution in [0.15, 0.2) is 6.20 Å². The molecule has 0 bridgehead atoms. The van der Waals surface area contributed by atoms with Gasteiger partial charge in [-0.1, -0.05) is 4.49 Å². The third-order valence-corrected chi connectivity index (χ3v) is 3.89. The van der Waals surface area contributed by atoms with Crippen molar-refractivity contribution in [3.63, 3.8) is 0 Å². The van der Waals surface area contributed by atoms with Gasteiger partial charge in [0.25, 0.3) is 0 Å². The van der Waals surface area contributed by atoms with Crippen LogP contribution in [-0.2, 0) is 0 Å². The molecule has 4 nitrogen and oxygen atoms in total. The van der Waals surface area contributed by atoms with E-state index in [4.69, 9.17) is 0 Å². The molecule has 2 aliphatic heterocycles. The lowest BCUT2D eigenvalue weighted by Crippen LogP contribution is -2.33. The number of hydrogen-bond donors (Lipinski definition) is 1. The second-order valence-electron chi connectivity index (χ2n) is 4.07. The van der Waals surface area contributed by atoms with E-state index in [1.165, 1.54) is 43.9 Å². The van der Waals surface area contributed by atoms with Crippen LogP contribution >= 0.6 is 11.5 Å². The molecule has 2 aliphatic rings. The van der Waals surface area contributed by atoms with E-state index in [9.17, 15) is 0 Å². The first-order chi connectivity index (χ1) is 6.93. The van der Waals surface area contributed by atoms with E-state index < -0.39 is 0 Å². The van der Waals surface area contributed by atoms with Crippen molar-refractivity contribution in [1.29, 1.82) is 0 Å². The maximum atomic E-state index is 3.87. The SMILES string of the molecule is c1nnsc1NC1CCN2CCCC12. The van der Waals surface area contributed by atoms with E-state index in [1.807, 2.05) is 6.20 Å². The molecular formula is C9H14N4S. The first-order valence-electron chi connectivity index (χ1n) is 5.21. The molecule has 0 saturated carbocycles. The highest BCUT2D eigenvalue weighted by Crippen LogP contribution is 2.30. The minimum Gasteiger partial charge on any atom is -0.370 e. The molecule has 1 aromatic heterocycles. The Labute approximate surface area is 87.5 Å². The predicted octanol–water partition coefficient (Wildman–Crippen LogP) is 1.19. The summed E-state index contributed by atoms with van der Waals surface area (Å²) in [7, 11) is 0. The Bertz CT molecular complexity index is 300. The fourth-order valence-electron chi connectivity index (χ4n) is 2.66. The summed E-state index contributed by atoms with van der Waals surface area (Å²) in [6.45, 7) is 2.55. The molecule has 2 saturated heterocycles. The fraction of sp³-hybridized carbons (Fsp3) is 0.778. The molecule has 3 rings (SSSR count). The Morgan fingerprint density at radius 1 is 1.43 bits per heavy atom. The zero-order chi connectivity index (χ0) is 9.38. The second-order valence-corrected chi connectivity index (χ2v) is 4.85. The zero-order valence-electron chi connectivity index (χ0n) is 8.02. The summed E-state index contributed by atoms with van der Waals surface area (Å²) in [5.41, 5.74) is 0. The lowest BCUT2D eigenvalue weighted by atomic mass is 10.1. The molecule has 14 heavy (non-hydrogen) atoms. The summed E-state index contributed by atoms with van der Waals surface area (Å²) in [6, 6.07) is 1.39. The van der Waals surface area contributed by atoms with E-state index in [0.29, 0.717) is 6.04 Å². The molecule has 3 heterocycles. The number of fused-ring (bicyclic) bond motifs is 1. The number of nitrogens with zero attached hydrogens (tertiary/aromatic N) is 3. The minimum atomic E-state index is 0.625. The second kappa shape index (κ2) is 3.47. The molecule has 1 aromatic rings. The fourth-order valence-corrected chi connectivity index (χ4v) is 3.14. The van der Waals surface area contributed by atoms with Crippen LogP contribution in [0.25, 0.3) is 0 Å². The lowest BCUT2D eigenvalue weighted by Gasteiger charge is -2.20. The molecule has 2 unspecified atom stereocenters. The van der Waals surface area contributed by atoms with Gasteiger partial charge in [-0.05, 0) is 25.8 Å². The molecule has 0 aliphatic carbocycles. The van der Waals surface area contributed by atoms with Crippen molar-refractivity contribution in [2.75, 3.05) is 18.4 Å². The summed E-state index contributed by atoms with van der Waals surface area (Å²) >= 11 is 1.45. The van der Waals surface area contributed by atoms with Gasteiger partial charge in [-0.3, -0.25) is 4.90 Å². The smallest absolute Gasteiger partial charge is 0.130 e. The van der Waals surface area contributed by atoms with Crippen molar-refractivity contribution < 1.29 is 0 Å². The van der Waals surface area contributed by atoms with Gasteiger partial charge in [-0.2, -0.15) is 0 Å². The average Bonchev–Trinajstić information content (AvgIpc) is 2.85. The van der Waals surface area contributed by atoms with Crippen molar-refractivity contribution in [1.82, 2.24) is 14.5 Å². The van der Waals surface area contributed by atoms with Crippen LogP contribution in [0.4, 0.5) is 5.00 Å². The van der Waals surface area contributed by atoms with Crippen molar-refractivity contribution in [3.05, 3.63) is 6.20 Å². The van der Waals surface area contributed by atoms with E-state index in [-0.39, 0.29) is 0 Å². The van der Waals surface area contributed by atoms with Gasteiger partial charge in [-0.15, -0.1) is 5.10 Å². The third-order valence-electron chi connectivity index (χ3n) is 3.29. The highest BCUT2D eigenvalue weighted by atomic mass is 32.1. The Hall–Kier alpha value is -0.680. The van der Waals surface area contributed by atoms with E-state index in [2.05, 4.69) is 19.8 Å². The standard InChI is InChI=1S/C9H14N4S/c1-2-8-7(3-5-13(8)4-1)11-9-6-10-12-14-9/h6-8,11H,1-5H2. The third kappa shape index (κ3) is 1.40. The normalized spacial score (nSPS) is 32.0. The van der Waals surface area contributed by atoms with Crippen LogP contribution in [0.1, 0.15) is 19.3 Å². The molecule has 0 spiro atoms. The molecule has 2 atom stereocenters. The number of nitrogens with one attached hydrogen (secondary N) is 1. The molecule has 76 valence electrons. The number of aromatic nitrogens is 2. The summed E-state index contributed by atoms with van der Waals surface area (Å²) < 4.78 is 3.87. The van der Waals surface area contributed by atoms with Crippen LogP contribution in [0.3, 0.4) is 0 Å². The largest absolute Gasteiger partial charge is 0.370 e. The van der Waals surface area contributed by atoms with Crippen LogP contribution in [-0.4, -0.2) is 39.7 Å². The van der Waals surface area contributed by atoms with Crippen LogP contribution in [0.5, 0.6) is 0 Å². The molecule has 0 radical (unpaired) electrons. The van der Waals surface area contributed by atoms with Crippen molar-refractivity contribution in [3.8, 4) is 0 Å². The summed E-state index contributed by atoms with van der Waals surface area (Å²) in [5.74, 6) is 0. The van der Waals surface area contributed by atoms with Crippen LogP contribution in [0, 0.1) is 0 Å².